The first-order chi connectivity index (χ1) is 17.1. The van der Waals surface area contributed by atoms with Gasteiger partial charge in [-0.1, -0.05) is 43.2 Å². The van der Waals surface area contributed by atoms with Crippen LogP contribution in [0.4, 0.5) is 0 Å². The molecule has 2 aromatic heterocycles. The van der Waals surface area contributed by atoms with Crippen LogP contribution in [-0.4, -0.2) is 80.4 Å². The SMILES string of the molecule is COC[C@]1(O)CCCC[C@H]1n1cnc(C(=O)N2CCNC[C@H]2Cc2c[nH]cn2)c1-c1ccccc1. The van der Waals surface area contributed by atoms with Crippen LogP contribution in [0.5, 0.6) is 0 Å². The summed E-state index contributed by atoms with van der Waals surface area (Å²) in [6, 6.07) is 9.66. The molecule has 1 saturated heterocycles. The molecule has 186 valence electrons. The lowest BCUT2D eigenvalue weighted by Gasteiger charge is -2.41. The number of carbonyl (C=O) groups excluding carboxylic acids is 1. The molecule has 0 bridgehead atoms. The molecule has 1 aliphatic heterocycles. The summed E-state index contributed by atoms with van der Waals surface area (Å²) in [7, 11) is 1.62. The highest BCUT2D eigenvalue weighted by atomic mass is 16.5. The Balaban J connectivity index is 1.54. The average Bonchev–Trinajstić information content (AvgIpc) is 3.55. The molecule has 2 fully saturated rings. The third-order valence-electron chi connectivity index (χ3n) is 7.34. The van der Waals surface area contributed by atoms with E-state index in [1.165, 1.54) is 0 Å². The fraction of sp³-hybridized carbons (Fsp3) is 0.500. The third kappa shape index (κ3) is 4.76. The molecule has 9 heteroatoms. The van der Waals surface area contributed by atoms with Gasteiger partial charge in [-0.2, -0.15) is 0 Å². The van der Waals surface area contributed by atoms with Crippen LogP contribution in [0.25, 0.3) is 11.3 Å². The second-order valence-corrected chi connectivity index (χ2v) is 9.63. The summed E-state index contributed by atoms with van der Waals surface area (Å²) in [5, 5.41) is 15.0. The summed E-state index contributed by atoms with van der Waals surface area (Å²) in [5.41, 5.74) is 2.02. The van der Waals surface area contributed by atoms with Gasteiger partial charge < -0.3 is 29.6 Å². The zero-order valence-corrected chi connectivity index (χ0v) is 20.2. The zero-order valence-electron chi connectivity index (χ0n) is 20.2. The minimum absolute atomic E-state index is 0.0200. The van der Waals surface area contributed by atoms with E-state index in [9.17, 15) is 9.90 Å². The Hall–Kier alpha value is -3.01. The maximum Gasteiger partial charge on any atom is 0.275 e. The van der Waals surface area contributed by atoms with Gasteiger partial charge in [0, 0.05) is 44.9 Å². The van der Waals surface area contributed by atoms with Crippen molar-refractivity contribution in [2.75, 3.05) is 33.4 Å². The van der Waals surface area contributed by atoms with Crippen LogP contribution < -0.4 is 5.32 Å². The lowest BCUT2D eigenvalue weighted by molar-refractivity contribution is -0.0893. The van der Waals surface area contributed by atoms with E-state index in [1.807, 2.05) is 46.0 Å². The van der Waals surface area contributed by atoms with E-state index < -0.39 is 5.60 Å². The van der Waals surface area contributed by atoms with E-state index >= 15 is 0 Å². The second-order valence-electron chi connectivity index (χ2n) is 9.63. The van der Waals surface area contributed by atoms with Gasteiger partial charge in [-0.3, -0.25) is 4.79 Å². The number of ether oxygens (including phenoxy) is 1. The quantitative estimate of drug-likeness (QED) is 0.481. The summed E-state index contributed by atoms with van der Waals surface area (Å²) < 4.78 is 7.44. The smallest absolute Gasteiger partial charge is 0.275 e. The van der Waals surface area contributed by atoms with E-state index in [1.54, 1.807) is 19.8 Å². The third-order valence-corrected chi connectivity index (χ3v) is 7.34. The van der Waals surface area contributed by atoms with Crippen LogP contribution in [0, 0.1) is 0 Å². The largest absolute Gasteiger partial charge is 0.385 e. The van der Waals surface area contributed by atoms with Crippen LogP contribution >= 0.6 is 0 Å². The minimum atomic E-state index is -1.00. The molecule has 3 N–H and O–H groups in total. The van der Waals surface area contributed by atoms with Gasteiger partial charge in [0.1, 0.15) is 5.60 Å². The van der Waals surface area contributed by atoms with Crippen LogP contribution in [0.1, 0.15) is 47.9 Å². The van der Waals surface area contributed by atoms with E-state index in [0.717, 1.165) is 42.8 Å². The van der Waals surface area contributed by atoms with Gasteiger partial charge in [-0.05, 0) is 12.8 Å². The normalized spacial score (nSPS) is 25.0. The standard InChI is InChI=1S/C26H34N6O3/c1-35-16-26(34)10-6-5-9-22(26)32-18-30-23(24(32)19-7-3-2-4-8-19)25(33)31-12-11-27-15-21(31)13-20-14-28-17-29-20/h2-4,7-8,14,17-18,21-22,27,34H,5-6,9-13,15-16H2,1H3,(H,28,29)/t21-,22-,26-/m1/s1. The molecule has 1 saturated carbocycles. The number of methoxy groups -OCH3 is 1. The van der Waals surface area contributed by atoms with Crippen molar-refractivity contribution in [3.63, 3.8) is 0 Å². The average molecular weight is 479 g/mol. The van der Waals surface area contributed by atoms with Crippen molar-refractivity contribution in [3.8, 4) is 11.3 Å². The van der Waals surface area contributed by atoms with Gasteiger partial charge in [0.05, 0.1) is 42.7 Å². The van der Waals surface area contributed by atoms with Crippen molar-refractivity contribution in [1.29, 1.82) is 0 Å². The van der Waals surface area contributed by atoms with Gasteiger partial charge in [0.15, 0.2) is 5.69 Å². The van der Waals surface area contributed by atoms with E-state index in [0.29, 0.717) is 31.6 Å². The van der Waals surface area contributed by atoms with Gasteiger partial charge in [0.2, 0.25) is 0 Å². The molecule has 3 atom stereocenters. The molecule has 3 aromatic rings. The number of piperazine rings is 1. The number of imidazole rings is 2. The first-order valence-electron chi connectivity index (χ1n) is 12.4. The Labute approximate surface area is 205 Å². The van der Waals surface area contributed by atoms with Gasteiger partial charge in [-0.25, -0.2) is 9.97 Å². The molecule has 9 nitrogen and oxygen atoms in total. The molecule has 0 unspecified atom stereocenters. The number of hydrogen-bond donors (Lipinski definition) is 3. The molecule has 3 heterocycles. The topological polar surface area (TPSA) is 108 Å². The predicted molar refractivity (Wildman–Crippen MR) is 132 cm³/mol. The summed E-state index contributed by atoms with van der Waals surface area (Å²) in [4.78, 5) is 28.0. The van der Waals surface area contributed by atoms with Crippen LogP contribution in [0.15, 0.2) is 49.2 Å². The fourth-order valence-corrected chi connectivity index (χ4v) is 5.65. The number of rotatable bonds is 7. The number of H-pyrrole nitrogens is 1. The molecule has 0 spiro atoms. The summed E-state index contributed by atoms with van der Waals surface area (Å²) in [6.45, 7) is 2.29. The van der Waals surface area contributed by atoms with E-state index in [2.05, 4.69) is 20.3 Å². The van der Waals surface area contributed by atoms with Gasteiger partial charge in [-0.15, -0.1) is 0 Å². The lowest BCUT2D eigenvalue weighted by Crippen LogP contribution is -2.54. The molecule has 5 rings (SSSR count). The Morgan fingerprint density at radius 2 is 2.11 bits per heavy atom. The Morgan fingerprint density at radius 1 is 1.26 bits per heavy atom. The molecule has 35 heavy (non-hydrogen) atoms. The van der Waals surface area contributed by atoms with Crippen molar-refractivity contribution < 1.29 is 14.6 Å². The molecule has 1 aliphatic carbocycles. The number of aromatic nitrogens is 4. The van der Waals surface area contributed by atoms with Crippen molar-refractivity contribution in [1.82, 2.24) is 29.7 Å². The highest BCUT2D eigenvalue weighted by molar-refractivity contribution is 5.98. The van der Waals surface area contributed by atoms with Crippen molar-refractivity contribution in [3.05, 3.63) is 60.6 Å². The summed E-state index contributed by atoms with van der Waals surface area (Å²) >= 11 is 0. The molecular weight excluding hydrogens is 444 g/mol. The lowest BCUT2D eigenvalue weighted by atomic mass is 9.80. The first kappa shape index (κ1) is 23.7. The summed E-state index contributed by atoms with van der Waals surface area (Å²) in [5.74, 6) is -0.0873. The highest BCUT2D eigenvalue weighted by Crippen LogP contribution is 2.41. The maximum absolute atomic E-state index is 14.0. The van der Waals surface area contributed by atoms with Gasteiger partial charge in [0.25, 0.3) is 5.91 Å². The van der Waals surface area contributed by atoms with Gasteiger partial charge >= 0.3 is 0 Å². The number of amides is 1. The Kier molecular flexibility index (Phi) is 6.99. The van der Waals surface area contributed by atoms with Crippen LogP contribution in [0.3, 0.4) is 0 Å². The number of aliphatic hydroxyl groups is 1. The van der Waals surface area contributed by atoms with Crippen LogP contribution in [0.2, 0.25) is 0 Å². The predicted octanol–water partition coefficient (Wildman–Crippen LogP) is 2.42. The molecular formula is C26H34N6O3. The number of nitrogens with zero attached hydrogens (tertiary/aromatic N) is 4. The first-order valence-corrected chi connectivity index (χ1v) is 12.4. The number of aromatic amines is 1. The Morgan fingerprint density at radius 3 is 2.89 bits per heavy atom. The number of carbonyl (C=O) groups is 1. The maximum atomic E-state index is 14.0. The minimum Gasteiger partial charge on any atom is -0.385 e. The fourth-order valence-electron chi connectivity index (χ4n) is 5.65. The van der Waals surface area contributed by atoms with E-state index in [-0.39, 0.29) is 24.6 Å². The van der Waals surface area contributed by atoms with Crippen molar-refractivity contribution in [2.24, 2.45) is 0 Å². The second kappa shape index (κ2) is 10.3. The number of hydrogen-bond acceptors (Lipinski definition) is 6. The van der Waals surface area contributed by atoms with Crippen LogP contribution in [-0.2, 0) is 11.2 Å². The molecule has 1 aromatic carbocycles. The molecule has 1 amide bonds. The molecule has 2 aliphatic rings. The Bertz CT molecular complexity index is 1110. The van der Waals surface area contributed by atoms with Crippen molar-refractivity contribution in [2.45, 2.75) is 49.8 Å². The van der Waals surface area contributed by atoms with Crippen molar-refractivity contribution >= 4 is 5.91 Å². The number of nitrogens with one attached hydrogen (secondary N) is 2. The monoisotopic (exact) mass is 478 g/mol. The van der Waals surface area contributed by atoms with E-state index in [4.69, 9.17) is 4.74 Å². The highest BCUT2D eigenvalue weighted by Gasteiger charge is 2.42. The molecule has 0 radical (unpaired) electrons. The zero-order chi connectivity index (χ0) is 24.3. The number of benzene rings is 1. The summed E-state index contributed by atoms with van der Waals surface area (Å²) in [6.07, 6.45) is 9.36.